The summed E-state index contributed by atoms with van der Waals surface area (Å²) >= 11 is 0. The lowest BCUT2D eigenvalue weighted by Gasteiger charge is -2.04. The second-order valence-electron chi connectivity index (χ2n) is 2.42. The lowest BCUT2D eigenvalue weighted by molar-refractivity contribution is 0.888. The largest absolute Gasteiger partial charge is 0.258 e. The highest BCUT2D eigenvalue weighted by molar-refractivity contribution is 5.21. The Morgan fingerprint density at radius 2 is 2.09 bits per heavy atom. The van der Waals surface area contributed by atoms with Crippen LogP contribution in [0.25, 0.3) is 0 Å². The molecule has 0 aromatic carbocycles. The molecule has 1 aromatic rings. The minimum Gasteiger partial charge on any atom is -0.258 e. The van der Waals surface area contributed by atoms with Crippen molar-refractivity contribution < 1.29 is 0 Å². The molecule has 0 radical (unpaired) electrons. The van der Waals surface area contributed by atoms with Crippen LogP contribution < -0.4 is 0 Å². The van der Waals surface area contributed by atoms with Crippen LogP contribution in [0.3, 0.4) is 0 Å². The summed E-state index contributed by atoms with van der Waals surface area (Å²) in [6, 6.07) is 0. The molecular weight excluding hydrogens is 136 g/mol. The Morgan fingerprint density at radius 3 is 2.64 bits per heavy atom. The second-order valence-corrected chi connectivity index (χ2v) is 2.42. The van der Waals surface area contributed by atoms with Crippen LogP contribution in [0.15, 0.2) is 12.4 Å². The summed E-state index contributed by atoms with van der Waals surface area (Å²) in [7, 11) is 0. The number of rotatable bonds is 1. The molecule has 0 saturated carbocycles. The highest BCUT2D eigenvalue weighted by Gasteiger charge is 2.05. The first kappa shape index (κ1) is 7.74. The van der Waals surface area contributed by atoms with E-state index >= 15 is 0 Å². The third-order valence-corrected chi connectivity index (χ3v) is 1.58. The molecule has 1 atom stereocenters. The zero-order valence-corrected chi connectivity index (χ0v) is 6.70. The predicted octanol–water partition coefficient (Wildman–Crippen LogP) is 1.52. The third kappa shape index (κ3) is 1.56. The van der Waals surface area contributed by atoms with Gasteiger partial charge in [-0.2, -0.15) is 0 Å². The fourth-order valence-electron chi connectivity index (χ4n) is 0.922. The minimum atomic E-state index is 0.0590. The van der Waals surface area contributed by atoms with E-state index in [0.717, 1.165) is 11.4 Å². The molecule has 0 aliphatic carbocycles. The maximum Gasteiger partial charge on any atom is 0.0762 e. The zero-order valence-electron chi connectivity index (χ0n) is 6.70. The van der Waals surface area contributed by atoms with Gasteiger partial charge in [-0.1, -0.05) is 5.92 Å². The van der Waals surface area contributed by atoms with Crippen LogP contribution in [-0.4, -0.2) is 9.97 Å². The summed E-state index contributed by atoms with van der Waals surface area (Å²) in [6.07, 6.45) is 8.59. The van der Waals surface area contributed by atoms with Crippen LogP contribution in [0.1, 0.15) is 24.2 Å². The highest BCUT2D eigenvalue weighted by Crippen LogP contribution is 2.12. The molecule has 0 spiro atoms. The van der Waals surface area contributed by atoms with Crippen LogP contribution >= 0.6 is 0 Å². The highest BCUT2D eigenvalue weighted by atomic mass is 14.8. The van der Waals surface area contributed by atoms with Gasteiger partial charge in [-0.3, -0.25) is 9.97 Å². The summed E-state index contributed by atoms with van der Waals surface area (Å²) in [5.74, 6) is 2.68. The fourth-order valence-corrected chi connectivity index (χ4v) is 0.922. The number of nitrogens with zero attached hydrogens (tertiary/aromatic N) is 2. The maximum atomic E-state index is 5.26. The van der Waals surface area contributed by atoms with Crippen molar-refractivity contribution in [3.8, 4) is 12.3 Å². The summed E-state index contributed by atoms with van der Waals surface area (Å²) in [4.78, 5) is 8.23. The molecule has 1 unspecified atom stereocenters. The second kappa shape index (κ2) is 3.16. The molecule has 0 aliphatic rings. The van der Waals surface area contributed by atoms with E-state index in [1.165, 1.54) is 0 Å². The molecule has 56 valence electrons. The van der Waals surface area contributed by atoms with E-state index in [9.17, 15) is 0 Å². The molecule has 0 bridgehead atoms. The minimum absolute atomic E-state index is 0.0590. The van der Waals surface area contributed by atoms with Crippen LogP contribution in [0, 0.1) is 19.3 Å². The molecule has 0 amide bonds. The number of aromatic nitrogens is 2. The average Bonchev–Trinajstić information content (AvgIpc) is 2.04. The quantitative estimate of drug-likeness (QED) is 0.561. The van der Waals surface area contributed by atoms with Crippen molar-refractivity contribution in [3.63, 3.8) is 0 Å². The number of aryl methyl sites for hydroxylation is 1. The number of hydrogen-bond acceptors (Lipinski definition) is 2. The molecule has 1 rings (SSSR count). The molecule has 1 heterocycles. The molecule has 0 N–H and O–H groups in total. The van der Waals surface area contributed by atoms with Crippen molar-refractivity contribution in [2.24, 2.45) is 0 Å². The molecule has 2 heteroatoms. The van der Waals surface area contributed by atoms with E-state index in [1.54, 1.807) is 12.4 Å². The van der Waals surface area contributed by atoms with Gasteiger partial charge in [0, 0.05) is 12.4 Å². The predicted molar refractivity (Wildman–Crippen MR) is 44.0 cm³/mol. The zero-order chi connectivity index (χ0) is 8.27. The molecule has 11 heavy (non-hydrogen) atoms. The van der Waals surface area contributed by atoms with Crippen LogP contribution in [0.5, 0.6) is 0 Å². The summed E-state index contributed by atoms with van der Waals surface area (Å²) in [5, 5.41) is 0. The fraction of sp³-hybridized carbons (Fsp3) is 0.333. The number of terminal acetylenes is 1. The Labute approximate surface area is 66.7 Å². The van der Waals surface area contributed by atoms with Crippen molar-refractivity contribution >= 4 is 0 Å². The smallest absolute Gasteiger partial charge is 0.0762 e. The lowest BCUT2D eigenvalue weighted by Crippen LogP contribution is -1.98. The van der Waals surface area contributed by atoms with Crippen molar-refractivity contribution in [2.75, 3.05) is 0 Å². The molecular formula is C9H10N2. The van der Waals surface area contributed by atoms with Gasteiger partial charge < -0.3 is 0 Å². The van der Waals surface area contributed by atoms with Crippen molar-refractivity contribution in [1.82, 2.24) is 9.97 Å². The topological polar surface area (TPSA) is 25.8 Å². The molecule has 2 nitrogen and oxygen atoms in total. The van der Waals surface area contributed by atoms with Crippen molar-refractivity contribution in [3.05, 3.63) is 23.8 Å². The first-order chi connectivity index (χ1) is 5.25. The molecule has 0 saturated heterocycles. The first-order valence-electron chi connectivity index (χ1n) is 3.49. The van der Waals surface area contributed by atoms with Gasteiger partial charge in [0.05, 0.1) is 17.3 Å². The van der Waals surface area contributed by atoms with Crippen molar-refractivity contribution in [1.29, 1.82) is 0 Å². The average molecular weight is 146 g/mol. The monoisotopic (exact) mass is 146 g/mol. The van der Waals surface area contributed by atoms with E-state index < -0.39 is 0 Å². The number of hydrogen-bond donors (Lipinski definition) is 0. The normalized spacial score (nSPS) is 12.1. The third-order valence-electron chi connectivity index (χ3n) is 1.58. The van der Waals surface area contributed by atoms with Crippen LogP contribution in [-0.2, 0) is 0 Å². The Morgan fingerprint density at radius 1 is 1.45 bits per heavy atom. The summed E-state index contributed by atoms with van der Waals surface area (Å²) < 4.78 is 0. The Kier molecular flexibility index (Phi) is 2.22. The van der Waals surface area contributed by atoms with E-state index in [4.69, 9.17) is 6.42 Å². The first-order valence-corrected chi connectivity index (χ1v) is 3.49. The van der Waals surface area contributed by atoms with E-state index in [-0.39, 0.29) is 5.92 Å². The van der Waals surface area contributed by atoms with E-state index in [0.29, 0.717) is 0 Å². The van der Waals surface area contributed by atoms with Gasteiger partial charge in [-0.05, 0) is 13.8 Å². The van der Waals surface area contributed by atoms with Gasteiger partial charge in [0.15, 0.2) is 0 Å². The van der Waals surface area contributed by atoms with E-state index in [1.807, 2.05) is 13.8 Å². The molecule has 0 aliphatic heterocycles. The van der Waals surface area contributed by atoms with Gasteiger partial charge in [0.25, 0.3) is 0 Å². The Hall–Kier alpha value is -1.36. The Balaban J connectivity index is 3.05. The van der Waals surface area contributed by atoms with Crippen LogP contribution in [0.4, 0.5) is 0 Å². The maximum absolute atomic E-state index is 5.26. The Bertz CT molecular complexity index is 286. The molecule has 1 aromatic heterocycles. The summed E-state index contributed by atoms with van der Waals surface area (Å²) in [6.45, 7) is 3.85. The summed E-state index contributed by atoms with van der Waals surface area (Å²) in [5.41, 5.74) is 1.81. The van der Waals surface area contributed by atoms with Crippen molar-refractivity contribution in [2.45, 2.75) is 19.8 Å². The van der Waals surface area contributed by atoms with Gasteiger partial charge in [0.2, 0.25) is 0 Å². The van der Waals surface area contributed by atoms with Gasteiger partial charge in [-0.25, -0.2) is 0 Å². The van der Waals surface area contributed by atoms with Crippen LogP contribution in [0.2, 0.25) is 0 Å². The van der Waals surface area contributed by atoms with Gasteiger partial charge >= 0.3 is 0 Å². The SMILES string of the molecule is C#CC(C)c1nccnc1C. The van der Waals surface area contributed by atoms with Gasteiger partial charge in [0.1, 0.15) is 0 Å². The van der Waals surface area contributed by atoms with Gasteiger partial charge in [-0.15, -0.1) is 6.42 Å². The standard InChI is InChI=1S/C9H10N2/c1-4-7(2)9-8(3)10-5-6-11-9/h1,5-7H,2-3H3. The van der Waals surface area contributed by atoms with E-state index in [2.05, 4.69) is 15.9 Å². The molecule has 0 fully saturated rings. The lowest BCUT2D eigenvalue weighted by atomic mass is 10.1.